The van der Waals surface area contributed by atoms with Gasteiger partial charge in [0, 0.05) is 30.6 Å². The van der Waals surface area contributed by atoms with Crippen LogP contribution in [0.1, 0.15) is 24.2 Å². The highest BCUT2D eigenvalue weighted by Crippen LogP contribution is 2.20. The molecule has 0 aliphatic carbocycles. The SMILES string of the molecule is CS(=O)(=O)N1CCC(C(=O)NCc2nn(Cc3ccccn3)c(=O)c3ccccc23)CC1. The molecule has 1 aromatic carbocycles. The lowest BCUT2D eigenvalue weighted by Crippen LogP contribution is -2.42. The van der Waals surface area contributed by atoms with Gasteiger partial charge in [-0.15, -0.1) is 0 Å². The first-order valence-corrected chi connectivity index (χ1v) is 12.3. The lowest BCUT2D eigenvalue weighted by atomic mass is 9.97. The van der Waals surface area contributed by atoms with Gasteiger partial charge in [-0.3, -0.25) is 14.6 Å². The van der Waals surface area contributed by atoms with E-state index in [9.17, 15) is 18.0 Å². The van der Waals surface area contributed by atoms with Gasteiger partial charge in [-0.1, -0.05) is 24.3 Å². The number of nitrogens with one attached hydrogen (secondary N) is 1. The van der Waals surface area contributed by atoms with Crippen molar-refractivity contribution in [1.29, 1.82) is 0 Å². The number of carbonyl (C=O) groups excluding carboxylic acids is 1. The molecule has 3 aromatic rings. The minimum atomic E-state index is -3.24. The topological polar surface area (TPSA) is 114 Å². The Balaban J connectivity index is 1.52. The zero-order valence-electron chi connectivity index (χ0n) is 17.8. The van der Waals surface area contributed by atoms with Crippen molar-refractivity contribution in [1.82, 2.24) is 24.4 Å². The summed E-state index contributed by atoms with van der Waals surface area (Å²) in [5.41, 5.74) is 1.09. The summed E-state index contributed by atoms with van der Waals surface area (Å²) < 4.78 is 26.1. The third kappa shape index (κ3) is 4.86. The van der Waals surface area contributed by atoms with Crippen molar-refractivity contribution in [2.75, 3.05) is 19.3 Å². The van der Waals surface area contributed by atoms with Crippen molar-refractivity contribution in [2.45, 2.75) is 25.9 Å². The van der Waals surface area contributed by atoms with Crippen molar-refractivity contribution < 1.29 is 13.2 Å². The van der Waals surface area contributed by atoms with E-state index in [4.69, 9.17) is 0 Å². The number of aromatic nitrogens is 3. The second-order valence-electron chi connectivity index (χ2n) is 7.93. The molecule has 3 heterocycles. The number of benzene rings is 1. The van der Waals surface area contributed by atoms with Crippen molar-refractivity contribution in [2.24, 2.45) is 5.92 Å². The number of nitrogens with zero attached hydrogens (tertiary/aromatic N) is 4. The average Bonchev–Trinajstić information content (AvgIpc) is 2.80. The molecule has 2 aromatic heterocycles. The standard InChI is InChI=1S/C22H25N5O4S/c1-32(30,31)26-12-9-16(10-13-26)21(28)24-14-20-18-7-2-3-8-19(18)22(29)27(25-20)15-17-6-4-5-11-23-17/h2-8,11,16H,9-10,12-15H2,1H3,(H,24,28). The van der Waals surface area contributed by atoms with Gasteiger partial charge in [0.15, 0.2) is 0 Å². The molecule has 1 fully saturated rings. The predicted octanol–water partition coefficient (Wildman–Crippen LogP) is 1.13. The first kappa shape index (κ1) is 22.1. The van der Waals surface area contributed by atoms with E-state index < -0.39 is 10.0 Å². The summed E-state index contributed by atoms with van der Waals surface area (Å²) in [7, 11) is -3.24. The van der Waals surface area contributed by atoms with Gasteiger partial charge >= 0.3 is 0 Å². The lowest BCUT2D eigenvalue weighted by Gasteiger charge is -2.29. The highest BCUT2D eigenvalue weighted by atomic mass is 32.2. The minimum absolute atomic E-state index is 0.133. The van der Waals surface area contributed by atoms with Crippen molar-refractivity contribution >= 4 is 26.7 Å². The highest BCUT2D eigenvalue weighted by Gasteiger charge is 2.29. The number of hydrogen-bond donors (Lipinski definition) is 1. The second kappa shape index (κ2) is 9.17. The number of carbonyl (C=O) groups is 1. The number of piperidine rings is 1. The first-order valence-electron chi connectivity index (χ1n) is 10.4. The molecular formula is C22H25N5O4S. The van der Waals surface area contributed by atoms with Gasteiger partial charge < -0.3 is 5.32 Å². The van der Waals surface area contributed by atoms with E-state index in [1.807, 2.05) is 30.3 Å². The summed E-state index contributed by atoms with van der Waals surface area (Å²) in [6, 6.07) is 12.7. The summed E-state index contributed by atoms with van der Waals surface area (Å²) >= 11 is 0. The van der Waals surface area contributed by atoms with Crippen LogP contribution in [0.3, 0.4) is 0 Å². The number of amides is 1. The summed E-state index contributed by atoms with van der Waals surface area (Å²) in [6.07, 6.45) is 3.81. The molecule has 1 amide bonds. The maximum atomic E-state index is 12.9. The monoisotopic (exact) mass is 455 g/mol. The van der Waals surface area contributed by atoms with Gasteiger partial charge in [0.2, 0.25) is 15.9 Å². The molecule has 4 rings (SSSR count). The van der Waals surface area contributed by atoms with Crippen LogP contribution in [0.5, 0.6) is 0 Å². The molecule has 32 heavy (non-hydrogen) atoms. The summed E-state index contributed by atoms with van der Waals surface area (Å²) in [5.74, 6) is -0.384. The number of pyridine rings is 1. The van der Waals surface area contributed by atoms with E-state index in [1.165, 1.54) is 15.2 Å². The second-order valence-corrected chi connectivity index (χ2v) is 9.91. The maximum absolute atomic E-state index is 12.9. The van der Waals surface area contributed by atoms with Crippen molar-refractivity contribution in [3.05, 3.63) is 70.4 Å². The van der Waals surface area contributed by atoms with Crippen LogP contribution in [-0.2, 0) is 27.9 Å². The number of sulfonamides is 1. The fourth-order valence-corrected chi connectivity index (χ4v) is 4.83. The molecular weight excluding hydrogens is 430 g/mol. The Morgan fingerprint density at radius 2 is 1.78 bits per heavy atom. The molecule has 0 spiro atoms. The normalized spacial score (nSPS) is 15.7. The van der Waals surface area contributed by atoms with Crippen LogP contribution in [0.2, 0.25) is 0 Å². The van der Waals surface area contributed by atoms with Crippen LogP contribution >= 0.6 is 0 Å². The van der Waals surface area contributed by atoms with E-state index >= 15 is 0 Å². The molecule has 168 valence electrons. The Labute approximate surface area is 186 Å². The molecule has 10 heteroatoms. The third-order valence-corrected chi connectivity index (χ3v) is 7.01. The average molecular weight is 456 g/mol. The molecule has 0 saturated carbocycles. The number of rotatable bonds is 6. The Bertz CT molecular complexity index is 1280. The van der Waals surface area contributed by atoms with Crippen LogP contribution < -0.4 is 10.9 Å². The molecule has 0 radical (unpaired) electrons. The van der Waals surface area contributed by atoms with Crippen LogP contribution in [0.25, 0.3) is 10.8 Å². The predicted molar refractivity (Wildman–Crippen MR) is 120 cm³/mol. The minimum Gasteiger partial charge on any atom is -0.350 e. The van der Waals surface area contributed by atoms with Gasteiger partial charge in [-0.05, 0) is 31.0 Å². The third-order valence-electron chi connectivity index (χ3n) is 5.71. The molecule has 9 nitrogen and oxygen atoms in total. The molecule has 1 N–H and O–H groups in total. The Morgan fingerprint density at radius 1 is 1.09 bits per heavy atom. The van der Waals surface area contributed by atoms with Crippen molar-refractivity contribution in [3.8, 4) is 0 Å². The fraction of sp³-hybridized carbons (Fsp3) is 0.364. The Morgan fingerprint density at radius 3 is 2.44 bits per heavy atom. The zero-order chi connectivity index (χ0) is 22.7. The Hall–Kier alpha value is -3.11. The quantitative estimate of drug-likeness (QED) is 0.596. The van der Waals surface area contributed by atoms with Crippen LogP contribution in [-0.4, -0.2) is 52.7 Å². The van der Waals surface area contributed by atoms with E-state index in [2.05, 4.69) is 15.4 Å². The first-order chi connectivity index (χ1) is 15.3. The van der Waals surface area contributed by atoms with Gasteiger partial charge in [0.05, 0.1) is 36.1 Å². The van der Waals surface area contributed by atoms with Crippen LogP contribution in [0.4, 0.5) is 0 Å². The lowest BCUT2D eigenvalue weighted by molar-refractivity contribution is -0.126. The molecule has 1 aliphatic rings. The summed E-state index contributed by atoms with van der Waals surface area (Å²) in [6.45, 7) is 1.09. The number of hydrogen-bond acceptors (Lipinski definition) is 6. The smallest absolute Gasteiger partial charge is 0.275 e. The van der Waals surface area contributed by atoms with E-state index in [-0.39, 0.29) is 30.5 Å². The molecule has 0 atom stereocenters. The number of fused-ring (bicyclic) bond motifs is 1. The van der Waals surface area contributed by atoms with Crippen molar-refractivity contribution in [3.63, 3.8) is 0 Å². The molecule has 0 bridgehead atoms. The van der Waals surface area contributed by atoms with Gasteiger partial charge in [0.1, 0.15) is 0 Å². The molecule has 1 saturated heterocycles. The van der Waals surface area contributed by atoms with Gasteiger partial charge in [-0.2, -0.15) is 5.10 Å². The summed E-state index contributed by atoms with van der Waals surface area (Å²) in [5, 5.41) is 8.67. The largest absolute Gasteiger partial charge is 0.350 e. The van der Waals surface area contributed by atoms with Gasteiger partial charge in [-0.25, -0.2) is 17.4 Å². The van der Waals surface area contributed by atoms with E-state index in [0.29, 0.717) is 48.1 Å². The highest BCUT2D eigenvalue weighted by molar-refractivity contribution is 7.88. The zero-order valence-corrected chi connectivity index (χ0v) is 18.6. The fourth-order valence-electron chi connectivity index (χ4n) is 3.95. The van der Waals surface area contributed by atoms with Gasteiger partial charge in [0.25, 0.3) is 5.56 Å². The molecule has 0 unspecified atom stereocenters. The maximum Gasteiger partial charge on any atom is 0.275 e. The Kier molecular flexibility index (Phi) is 6.33. The van der Waals surface area contributed by atoms with Crippen LogP contribution in [0, 0.1) is 5.92 Å². The van der Waals surface area contributed by atoms with Crippen LogP contribution in [0.15, 0.2) is 53.5 Å². The van der Waals surface area contributed by atoms with E-state index in [0.717, 1.165) is 0 Å². The van der Waals surface area contributed by atoms with E-state index in [1.54, 1.807) is 18.3 Å². The summed E-state index contributed by atoms with van der Waals surface area (Å²) in [4.78, 5) is 29.9. The molecule has 1 aliphatic heterocycles.